The topological polar surface area (TPSA) is 60.7 Å². The summed E-state index contributed by atoms with van der Waals surface area (Å²) in [6.45, 7) is 0. The Morgan fingerprint density at radius 3 is 2.53 bits per heavy atom. The fraction of sp³-hybridized carbons (Fsp3) is 0. The zero-order chi connectivity index (χ0) is 11.0. The number of phenols is 1. The molecule has 0 atom stereocenters. The molecule has 15 heavy (non-hydrogen) atoms. The maximum absolute atomic E-state index is 9.51. The van der Waals surface area contributed by atoms with Crippen LogP contribution in [0.1, 0.15) is 0 Å². The van der Waals surface area contributed by atoms with Crippen LogP contribution in [0.25, 0.3) is 10.8 Å². The fourth-order valence-electron chi connectivity index (χ4n) is 1.50. The molecular weight excluding hydrogens is 214 g/mol. The van der Waals surface area contributed by atoms with Gasteiger partial charge in [0.2, 0.25) is 0 Å². The van der Waals surface area contributed by atoms with E-state index in [-0.39, 0.29) is 11.2 Å². The Hall–Kier alpha value is -1.23. The lowest BCUT2D eigenvalue weighted by Gasteiger charge is -2.06. The maximum atomic E-state index is 9.51. The third kappa shape index (κ3) is 1.79. The first-order valence-electron chi connectivity index (χ1n) is 4.37. The van der Waals surface area contributed by atoms with E-state index >= 15 is 0 Å². The van der Waals surface area contributed by atoms with E-state index in [4.69, 9.17) is 21.6 Å². The molecule has 2 rings (SSSR count). The largest absolute Gasteiger partial charge is 0.508 e. The van der Waals surface area contributed by atoms with Crippen molar-refractivity contribution in [1.82, 2.24) is 0 Å². The predicted molar refractivity (Wildman–Crippen MR) is 60.4 cm³/mol. The number of hydrogen-bond donors (Lipinski definition) is 3. The molecule has 0 spiro atoms. The fourth-order valence-corrected chi connectivity index (χ4v) is 1.74. The molecule has 0 unspecified atom stereocenters. The van der Waals surface area contributed by atoms with Crippen molar-refractivity contribution >= 4 is 35.0 Å². The summed E-state index contributed by atoms with van der Waals surface area (Å²) in [6, 6.07) is 8.18. The van der Waals surface area contributed by atoms with Crippen LogP contribution in [-0.2, 0) is 0 Å². The van der Waals surface area contributed by atoms with Gasteiger partial charge >= 0.3 is 7.12 Å². The number of halogens is 1. The van der Waals surface area contributed by atoms with Crippen molar-refractivity contribution in [3.05, 3.63) is 35.4 Å². The maximum Gasteiger partial charge on any atom is 0.492 e. The highest BCUT2D eigenvalue weighted by Crippen LogP contribution is 2.25. The molecule has 3 nitrogen and oxygen atoms in total. The Kier molecular flexibility index (Phi) is 2.56. The van der Waals surface area contributed by atoms with E-state index in [1.165, 1.54) is 12.1 Å². The number of aromatic hydroxyl groups is 1. The second-order valence-corrected chi connectivity index (χ2v) is 3.65. The number of hydrogen-bond acceptors (Lipinski definition) is 3. The van der Waals surface area contributed by atoms with Crippen molar-refractivity contribution < 1.29 is 15.2 Å². The normalized spacial score (nSPS) is 10.6. The van der Waals surface area contributed by atoms with Crippen molar-refractivity contribution in [2.45, 2.75) is 0 Å². The van der Waals surface area contributed by atoms with E-state index in [1.807, 2.05) is 0 Å². The van der Waals surface area contributed by atoms with Crippen LogP contribution in [0.2, 0.25) is 5.02 Å². The molecule has 0 aliphatic carbocycles. The summed E-state index contributed by atoms with van der Waals surface area (Å²) in [6.07, 6.45) is 0. The molecule has 2 aromatic rings. The van der Waals surface area contributed by atoms with Gasteiger partial charge in [0.25, 0.3) is 0 Å². The van der Waals surface area contributed by atoms with Crippen LogP contribution in [-0.4, -0.2) is 22.3 Å². The highest BCUT2D eigenvalue weighted by atomic mass is 35.5. The average molecular weight is 222 g/mol. The van der Waals surface area contributed by atoms with Gasteiger partial charge in [0, 0.05) is 15.9 Å². The Morgan fingerprint density at radius 1 is 1.13 bits per heavy atom. The van der Waals surface area contributed by atoms with E-state index in [1.54, 1.807) is 18.2 Å². The Bertz CT molecular complexity index is 513. The molecule has 0 aliphatic rings. The first-order valence-corrected chi connectivity index (χ1v) is 4.74. The third-order valence-electron chi connectivity index (χ3n) is 2.25. The molecule has 3 N–H and O–H groups in total. The summed E-state index contributed by atoms with van der Waals surface area (Å²) in [5.74, 6) is -0.153. The highest BCUT2D eigenvalue weighted by molar-refractivity contribution is 6.60. The van der Waals surface area contributed by atoms with Crippen molar-refractivity contribution in [2.24, 2.45) is 0 Å². The summed E-state index contributed by atoms with van der Waals surface area (Å²) in [5, 5.41) is 29.5. The minimum atomic E-state index is -1.70. The van der Waals surface area contributed by atoms with Gasteiger partial charge in [-0.25, -0.2) is 0 Å². The lowest BCUT2D eigenvalue weighted by Crippen LogP contribution is -2.29. The molecule has 0 aromatic heterocycles. The zero-order valence-corrected chi connectivity index (χ0v) is 8.44. The van der Waals surface area contributed by atoms with Crippen molar-refractivity contribution in [3.8, 4) is 5.75 Å². The average Bonchev–Trinajstić information content (AvgIpc) is 2.16. The van der Waals surface area contributed by atoms with E-state index in [0.29, 0.717) is 10.4 Å². The van der Waals surface area contributed by atoms with Gasteiger partial charge in [0.05, 0.1) is 0 Å². The molecule has 76 valence electrons. The Balaban J connectivity index is 2.78. The minimum Gasteiger partial charge on any atom is -0.508 e. The molecule has 0 heterocycles. The van der Waals surface area contributed by atoms with Crippen LogP contribution in [0.3, 0.4) is 0 Å². The summed E-state index contributed by atoms with van der Waals surface area (Å²) in [4.78, 5) is 0. The third-order valence-corrected chi connectivity index (χ3v) is 2.58. The van der Waals surface area contributed by atoms with Crippen LogP contribution in [0, 0.1) is 0 Å². The van der Waals surface area contributed by atoms with Crippen LogP contribution >= 0.6 is 11.6 Å². The van der Waals surface area contributed by atoms with Gasteiger partial charge in [-0.2, -0.15) is 0 Å². The second-order valence-electron chi connectivity index (χ2n) is 3.25. The van der Waals surface area contributed by atoms with Gasteiger partial charge < -0.3 is 15.2 Å². The van der Waals surface area contributed by atoms with Gasteiger partial charge in [-0.05, 0) is 23.6 Å². The first-order chi connectivity index (χ1) is 7.09. The molecule has 0 radical (unpaired) electrons. The standard InChI is InChI=1S/C10H8BClO3/c12-9-3-1-2-6-4-10(13)8(11(14)15)5-7(6)9/h1-5,13-15H. The van der Waals surface area contributed by atoms with Crippen LogP contribution < -0.4 is 5.46 Å². The quantitative estimate of drug-likeness (QED) is 0.628. The van der Waals surface area contributed by atoms with Gasteiger partial charge in [0.15, 0.2) is 0 Å². The van der Waals surface area contributed by atoms with Gasteiger partial charge in [0.1, 0.15) is 5.75 Å². The molecule has 0 saturated carbocycles. The number of phenolic OH excluding ortho intramolecular Hbond substituents is 1. The van der Waals surface area contributed by atoms with Crippen LogP contribution in [0.4, 0.5) is 0 Å². The summed E-state index contributed by atoms with van der Waals surface area (Å²) in [7, 11) is -1.70. The molecule has 0 aliphatic heterocycles. The van der Waals surface area contributed by atoms with Crippen LogP contribution in [0.15, 0.2) is 30.3 Å². The van der Waals surface area contributed by atoms with E-state index < -0.39 is 7.12 Å². The zero-order valence-electron chi connectivity index (χ0n) is 7.68. The molecular formula is C10H8BClO3. The minimum absolute atomic E-state index is 0.0515. The van der Waals surface area contributed by atoms with E-state index in [2.05, 4.69) is 0 Å². The Morgan fingerprint density at radius 2 is 1.87 bits per heavy atom. The highest BCUT2D eigenvalue weighted by Gasteiger charge is 2.17. The molecule has 0 amide bonds. The molecule has 5 heteroatoms. The van der Waals surface area contributed by atoms with Crippen molar-refractivity contribution in [1.29, 1.82) is 0 Å². The van der Waals surface area contributed by atoms with Crippen molar-refractivity contribution in [3.63, 3.8) is 0 Å². The SMILES string of the molecule is OB(O)c1cc2c(Cl)cccc2cc1O. The summed E-state index contributed by atoms with van der Waals surface area (Å²) >= 11 is 5.94. The first kappa shape index (κ1) is 10.3. The van der Waals surface area contributed by atoms with Crippen molar-refractivity contribution in [2.75, 3.05) is 0 Å². The lowest BCUT2D eigenvalue weighted by molar-refractivity contribution is 0.420. The summed E-state index contributed by atoms with van der Waals surface area (Å²) in [5.41, 5.74) is 0.0515. The van der Waals surface area contributed by atoms with Gasteiger partial charge in [-0.1, -0.05) is 23.7 Å². The second kappa shape index (κ2) is 3.74. The van der Waals surface area contributed by atoms with E-state index in [0.717, 1.165) is 5.39 Å². The summed E-state index contributed by atoms with van der Waals surface area (Å²) < 4.78 is 0. The monoisotopic (exact) mass is 222 g/mol. The smallest absolute Gasteiger partial charge is 0.492 e. The predicted octanol–water partition coefficient (Wildman–Crippen LogP) is 0.879. The lowest BCUT2D eigenvalue weighted by atomic mass is 9.78. The van der Waals surface area contributed by atoms with Gasteiger partial charge in [-0.3, -0.25) is 0 Å². The van der Waals surface area contributed by atoms with Crippen LogP contribution in [0.5, 0.6) is 5.75 Å². The van der Waals surface area contributed by atoms with E-state index in [9.17, 15) is 5.11 Å². The Labute approximate surface area is 91.7 Å². The molecule has 0 fully saturated rings. The number of benzene rings is 2. The molecule has 0 bridgehead atoms. The van der Waals surface area contributed by atoms with Gasteiger partial charge in [-0.15, -0.1) is 0 Å². The molecule has 0 saturated heterocycles. The number of rotatable bonds is 1. The molecule has 2 aromatic carbocycles. The number of fused-ring (bicyclic) bond motifs is 1.